The molecule has 3 aromatic rings. The molecule has 100 valence electrons. The molecule has 1 heterocycles. The van der Waals surface area contributed by atoms with Gasteiger partial charge in [0.2, 0.25) is 5.82 Å². The molecule has 0 spiro atoms. The van der Waals surface area contributed by atoms with Crippen molar-refractivity contribution in [2.75, 3.05) is 0 Å². The normalized spacial score (nSPS) is 10.7. The highest BCUT2D eigenvalue weighted by molar-refractivity contribution is 5.67. The molecule has 0 saturated heterocycles. The quantitative estimate of drug-likeness (QED) is 0.746. The summed E-state index contributed by atoms with van der Waals surface area (Å²) < 4.78 is 5.15. The maximum absolute atomic E-state index is 9.90. The van der Waals surface area contributed by atoms with Crippen molar-refractivity contribution in [2.24, 2.45) is 0 Å². The average Bonchev–Trinajstić information content (AvgIpc) is 2.88. The Morgan fingerprint density at radius 3 is 2.50 bits per heavy atom. The van der Waals surface area contributed by atoms with Crippen molar-refractivity contribution in [3.05, 3.63) is 48.0 Å². The number of phenolic OH excluding ortho intramolecular Hbond substituents is 2. The molecule has 3 rings (SSSR count). The summed E-state index contributed by atoms with van der Waals surface area (Å²) in [6, 6.07) is 11.9. The fourth-order valence-electron chi connectivity index (χ4n) is 1.93. The van der Waals surface area contributed by atoms with Crippen LogP contribution in [-0.2, 0) is 0 Å². The maximum Gasteiger partial charge on any atom is 0.262 e. The summed E-state index contributed by atoms with van der Waals surface area (Å²) in [4.78, 5) is 4.20. The van der Waals surface area contributed by atoms with Crippen LogP contribution in [0.1, 0.15) is 5.56 Å². The Morgan fingerprint density at radius 2 is 1.75 bits per heavy atom. The van der Waals surface area contributed by atoms with Gasteiger partial charge < -0.3 is 14.7 Å². The van der Waals surface area contributed by atoms with Crippen LogP contribution in [0.15, 0.2) is 47.0 Å². The molecular formula is C15H12N2O3. The first-order valence-corrected chi connectivity index (χ1v) is 6.07. The standard InChI is InChI=1S/C15H12N2O3/c1-9-6-7-11(13(19)8-9)15-16-14(17-20-15)10-4-2-3-5-12(10)18/h2-8,18-19H,1H3. The summed E-state index contributed by atoms with van der Waals surface area (Å²) in [6.45, 7) is 1.88. The molecule has 0 atom stereocenters. The van der Waals surface area contributed by atoms with Gasteiger partial charge in [0.05, 0.1) is 11.1 Å². The molecule has 0 unspecified atom stereocenters. The third kappa shape index (κ3) is 2.09. The van der Waals surface area contributed by atoms with E-state index >= 15 is 0 Å². The SMILES string of the molecule is Cc1ccc(-c2nc(-c3ccccc3O)no2)c(O)c1. The van der Waals surface area contributed by atoms with E-state index in [2.05, 4.69) is 10.1 Å². The molecule has 5 nitrogen and oxygen atoms in total. The van der Waals surface area contributed by atoms with E-state index in [9.17, 15) is 10.2 Å². The van der Waals surface area contributed by atoms with Crippen LogP contribution in [0.2, 0.25) is 0 Å². The van der Waals surface area contributed by atoms with Crippen molar-refractivity contribution in [2.45, 2.75) is 6.92 Å². The Kier molecular flexibility index (Phi) is 2.87. The molecule has 1 aromatic heterocycles. The van der Waals surface area contributed by atoms with Crippen LogP contribution in [0.4, 0.5) is 0 Å². The van der Waals surface area contributed by atoms with Crippen molar-refractivity contribution in [1.29, 1.82) is 0 Å². The molecule has 20 heavy (non-hydrogen) atoms. The number of aromatic nitrogens is 2. The average molecular weight is 268 g/mol. The minimum absolute atomic E-state index is 0.0768. The Bertz CT molecular complexity index is 765. The van der Waals surface area contributed by atoms with E-state index in [1.807, 2.05) is 13.0 Å². The van der Waals surface area contributed by atoms with Crippen molar-refractivity contribution < 1.29 is 14.7 Å². The molecule has 0 bridgehead atoms. The van der Waals surface area contributed by atoms with Gasteiger partial charge in [0.25, 0.3) is 5.89 Å². The molecule has 0 aliphatic rings. The van der Waals surface area contributed by atoms with Gasteiger partial charge in [-0.1, -0.05) is 23.4 Å². The molecule has 2 N–H and O–H groups in total. The summed E-state index contributed by atoms with van der Waals surface area (Å²) in [5.74, 6) is 0.643. The van der Waals surface area contributed by atoms with E-state index in [-0.39, 0.29) is 23.2 Å². The van der Waals surface area contributed by atoms with Gasteiger partial charge in [-0.25, -0.2) is 0 Å². The zero-order valence-corrected chi connectivity index (χ0v) is 10.7. The predicted octanol–water partition coefficient (Wildman–Crippen LogP) is 3.12. The lowest BCUT2D eigenvalue weighted by Crippen LogP contribution is -1.83. The van der Waals surface area contributed by atoms with E-state index in [1.165, 1.54) is 0 Å². The number of aromatic hydroxyl groups is 2. The largest absolute Gasteiger partial charge is 0.507 e. The highest BCUT2D eigenvalue weighted by Crippen LogP contribution is 2.32. The molecule has 2 aromatic carbocycles. The zero-order chi connectivity index (χ0) is 14.1. The number of hydrogen-bond acceptors (Lipinski definition) is 5. The topological polar surface area (TPSA) is 79.4 Å². The Hall–Kier alpha value is -2.82. The third-order valence-corrected chi connectivity index (χ3v) is 2.95. The fourth-order valence-corrected chi connectivity index (χ4v) is 1.93. The number of hydrogen-bond donors (Lipinski definition) is 2. The van der Waals surface area contributed by atoms with Crippen LogP contribution in [0.5, 0.6) is 11.5 Å². The highest BCUT2D eigenvalue weighted by atomic mass is 16.5. The van der Waals surface area contributed by atoms with Gasteiger partial charge in [0.1, 0.15) is 11.5 Å². The van der Waals surface area contributed by atoms with Crippen LogP contribution in [0.3, 0.4) is 0 Å². The zero-order valence-electron chi connectivity index (χ0n) is 10.7. The van der Waals surface area contributed by atoms with Crippen LogP contribution >= 0.6 is 0 Å². The van der Waals surface area contributed by atoms with Gasteiger partial charge in [-0.2, -0.15) is 4.98 Å². The monoisotopic (exact) mass is 268 g/mol. The first-order valence-electron chi connectivity index (χ1n) is 6.07. The number of nitrogens with zero attached hydrogens (tertiary/aromatic N) is 2. The van der Waals surface area contributed by atoms with Gasteiger partial charge in [0.15, 0.2) is 0 Å². The summed E-state index contributed by atoms with van der Waals surface area (Å²) in [7, 11) is 0. The van der Waals surface area contributed by atoms with Gasteiger partial charge >= 0.3 is 0 Å². The molecule has 0 aliphatic carbocycles. The van der Waals surface area contributed by atoms with Crippen LogP contribution in [-0.4, -0.2) is 20.4 Å². The molecule has 0 aliphatic heterocycles. The Balaban J connectivity index is 2.04. The first kappa shape index (κ1) is 12.2. The molecule has 5 heteroatoms. The molecular weight excluding hydrogens is 256 g/mol. The number of rotatable bonds is 2. The second kappa shape index (κ2) is 4.70. The smallest absolute Gasteiger partial charge is 0.262 e. The van der Waals surface area contributed by atoms with Crippen LogP contribution in [0.25, 0.3) is 22.8 Å². The fraction of sp³-hybridized carbons (Fsp3) is 0.0667. The number of benzene rings is 2. The second-order valence-electron chi connectivity index (χ2n) is 4.46. The molecule has 0 fully saturated rings. The van der Waals surface area contributed by atoms with E-state index in [0.29, 0.717) is 11.1 Å². The minimum atomic E-state index is 0.0768. The lowest BCUT2D eigenvalue weighted by Gasteiger charge is -2.00. The predicted molar refractivity (Wildman–Crippen MR) is 73.2 cm³/mol. The highest BCUT2D eigenvalue weighted by Gasteiger charge is 2.15. The lowest BCUT2D eigenvalue weighted by atomic mass is 10.1. The van der Waals surface area contributed by atoms with Gasteiger partial charge in [-0.15, -0.1) is 0 Å². The molecule has 0 saturated carbocycles. The van der Waals surface area contributed by atoms with E-state index in [4.69, 9.17) is 4.52 Å². The van der Waals surface area contributed by atoms with Gasteiger partial charge in [0, 0.05) is 0 Å². The van der Waals surface area contributed by atoms with Gasteiger partial charge in [-0.3, -0.25) is 0 Å². The summed E-state index contributed by atoms with van der Waals surface area (Å²) in [6.07, 6.45) is 0. The van der Waals surface area contributed by atoms with Crippen molar-refractivity contribution in [1.82, 2.24) is 10.1 Å². The van der Waals surface area contributed by atoms with E-state index in [0.717, 1.165) is 5.56 Å². The number of aryl methyl sites for hydroxylation is 1. The number of phenols is 2. The second-order valence-corrected chi connectivity index (χ2v) is 4.46. The van der Waals surface area contributed by atoms with E-state index in [1.54, 1.807) is 36.4 Å². The Labute approximate surface area is 115 Å². The summed E-state index contributed by atoms with van der Waals surface area (Å²) in [5, 5.41) is 23.5. The maximum atomic E-state index is 9.90. The first-order chi connectivity index (χ1) is 9.65. The third-order valence-electron chi connectivity index (χ3n) is 2.95. The van der Waals surface area contributed by atoms with E-state index < -0.39 is 0 Å². The lowest BCUT2D eigenvalue weighted by molar-refractivity contribution is 0.424. The van der Waals surface area contributed by atoms with Crippen molar-refractivity contribution in [3.8, 4) is 34.3 Å². The van der Waals surface area contributed by atoms with Crippen molar-refractivity contribution in [3.63, 3.8) is 0 Å². The molecule has 0 amide bonds. The number of para-hydroxylation sites is 1. The van der Waals surface area contributed by atoms with Crippen LogP contribution < -0.4 is 0 Å². The summed E-state index contributed by atoms with van der Waals surface area (Å²) in [5.41, 5.74) is 1.88. The van der Waals surface area contributed by atoms with Crippen LogP contribution in [0, 0.1) is 6.92 Å². The Morgan fingerprint density at radius 1 is 0.950 bits per heavy atom. The summed E-state index contributed by atoms with van der Waals surface area (Å²) >= 11 is 0. The minimum Gasteiger partial charge on any atom is -0.507 e. The van der Waals surface area contributed by atoms with Gasteiger partial charge in [-0.05, 0) is 36.8 Å². The van der Waals surface area contributed by atoms with Crippen molar-refractivity contribution >= 4 is 0 Å². The molecule has 0 radical (unpaired) electrons.